The molecule has 2 saturated carbocycles. The Morgan fingerprint density at radius 2 is 1.89 bits per heavy atom. The van der Waals surface area contributed by atoms with E-state index in [1.807, 2.05) is 14.1 Å². The Kier molecular flexibility index (Phi) is 5.74. The van der Waals surface area contributed by atoms with Crippen LogP contribution in [0.25, 0.3) is 0 Å². The van der Waals surface area contributed by atoms with E-state index < -0.39 is 0 Å². The summed E-state index contributed by atoms with van der Waals surface area (Å²) in [4.78, 5) is 22.3. The Bertz CT molecular complexity index is 619. The van der Waals surface area contributed by atoms with Gasteiger partial charge in [0.25, 0.3) is 0 Å². The van der Waals surface area contributed by atoms with E-state index in [2.05, 4.69) is 25.8 Å². The summed E-state index contributed by atoms with van der Waals surface area (Å²) in [6.45, 7) is 5.38. The zero-order valence-corrected chi connectivity index (χ0v) is 18.4. The Labute approximate surface area is 170 Å². The third-order valence-corrected chi connectivity index (χ3v) is 8.47. The van der Waals surface area contributed by atoms with Gasteiger partial charge in [0, 0.05) is 33.7 Å². The number of hydrogen-bond acceptors (Lipinski definition) is 4. The number of hydrogen-bond donors (Lipinski definition) is 0. The second kappa shape index (κ2) is 7.97. The largest absolute Gasteiger partial charge is 0.376 e. The average molecular weight is 390 g/mol. The molecule has 4 rings (SSSR count). The van der Waals surface area contributed by atoms with E-state index >= 15 is 0 Å². The molecular weight excluding hydrogens is 350 g/mol. The van der Waals surface area contributed by atoms with Crippen LogP contribution in [0, 0.1) is 29.6 Å². The van der Waals surface area contributed by atoms with Crippen LogP contribution in [0.3, 0.4) is 0 Å². The number of aliphatic imine (C=N–C) groups is 1. The molecule has 4 aliphatic rings. The summed E-state index contributed by atoms with van der Waals surface area (Å²) in [7, 11) is 5.93. The molecular formula is C23H39N3O2. The molecule has 2 aliphatic carbocycles. The van der Waals surface area contributed by atoms with Crippen LogP contribution in [0.15, 0.2) is 4.99 Å². The summed E-state index contributed by atoms with van der Waals surface area (Å²) in [5.74, 6) is 4.15. The number of likely N-dealkylation sites (N-methyl/N-ethyl adjacent to an activating group) is 1. The number of nitrogens with zero attached hydrogens (tertiary/aromatic N) is 3. The van der Waals surface area contributed by atoms with Crippen molar-refractivity contribution in [3.8, 4) is 0 Å². The Morgan fingerprint density at radius 3 is 2.64 bits per heavy atom. The lowest BCUT2D eigenvalue weighted by atomic mass is 9.66. The van der Waals surface area contributed by atoms with Crippen molar-refractivity contribution in [2.45, 2.75) is 77.0 Å². The topological polar surface area (TPSA) is 45.1 Å². The molecule has 0 bridgehead atoms. The average Bonchev–Trinajstić information content (AvgIpc) is 2.99. The van der Waals surface area contributed by atoms with Crippen molar-refractivity contribution >= 4 is 11.7 Å². The van der Waals surface area contributed by atoms with Gasteiger partial charge < -0.3 is 14.5 Å². The minimum absolute atomic E-state index is 0.0558. The Hall–Kier alpha value is -1.10. The van der Waals surface area contributed by atoms with Gasteiger partial charge in [-0.25, -0.2) is 0 Å². The molecule has 0 radical (unpaired) electrons. The minimum atomic E-state index is 0.0558. The van der Waals surface area contributed by atoms with Crippen molar-refractivity contribution in [3.63, 3.8) is 0 Å². The van der Waals surface area contributed by atoms with Crippen molar-refractivity contribution in [1.29, 1.82) is 0 Å². The van der Waals surface area contributed by atoms with Gasteiger partial charge in [-0.15, -0.1) is 0 Å². The van der Waals surface area contributed by atoms with Crippen molar-refractivity contribution in [2.24, 2.45) is 34.6 Å². The number of ether oxygens (including phenoxy) is 1. The molecule has 0 aromatic rings. The smallest absolute Gasteiger partial charge is 0.225 e. The first-order valence-electron chi connectivity index (χ1n) is 11.5. The molecule has 0 aromatic carbocycles. The highest BCUT2D eigenvalue weighted by Gasteiger charge is 2.52. The van der Waals surface area contributed by atoms with Crippen LogP contribution in [0.1, 0.15) is 58.8 Å². The van der Waals surface area contributed by atoms with Crippen molar-refractivity contribution < 1.29 is 9.53 Å². The molecule has 0 aromatic heterocycles. The molecule has 2 heterocycles. The normalized spacial score (nSPS) is 43.6. The zero-order valence-electron chi connectivity index (χ0n) is 18.4. The van der Waals surface area contributed by atoms with Crippen LogP contribution in [-0.2, 0) is 9.53 Å². The summed E-state index contributed by atoms with van der Waals surface area (Å²) in [6, 6.07) is 0.496. The van der Waals surface area contributed by atoms with Crippen LogP contribution in [-0.4, -0.2) is 67.5 Å². The number of rotatable bonds is 1. The maximum absolute atomic E-state index is 13.2. The fourth-order valence-electron chi connectivity index (χ4n) is 6.79. The summed E-state index contributed by atoms with van der Waals surface area (Å²) in [5, 5.41) is 0. The summed E-state index contributed by atoms with van der Waals surface area (Å²) >= 11 is 0. The summed E-state index contributed by atoms with van der Waals surface area (Å²) < 4.78 is 6.62. The van der Waals surface area contributed by atoms with E-state index in [0.717, 1.165) is 43.0 Å². The minimum Gasteiger partial charge on any atom is -0.376 e. The second-order valence-corrected chi connectivity index (χ2v) is 10.1. The number of amidine groups is 1. The quantitative estimate of drug-likeness (QED) is 0.690. The molecule has 0 spiro atoms. The monoisotopic (exact) mass is 389 g/mol. The number of carbonyl (C=O) groups is 1. The van der Waals surface area contributed by atoms with Crippen molar-refractivity contribution in [3.05, 3.63) is 0 Å². The maximum atomic E-state index is 13.2. The predicted octanol–water partition coefficient (Wildman–Crippen LogP) is 3.43. The molecule has 8 unspecified atom stereocenters. The van der Waals surface area contributed by atoms with E-state index in [0.29, 0.717) is 12.0 Å². The van der Waals surface area contributed by atoms with Gasteiger partial charge in [0.15, 0.2) is 0 Å². The van der Waals surface area contributed by atoms with Crippen molar-refractivity contribution in [2.75, 3.05) is 27.7 Å². The van der Waals surface area contributed by atoms with Crippen LogP contribution >= 0.6 is 0 Å². The molecule has 5 heteroatoms. The van der Waals surface area contributed by atoms with Gasteiger partial charge in [-0.2, -0.15) is 0 Å². The molecule has 1 amide bonds. The number of fused-ring (bicyclic) bond motifs is 4. The van der Waals surface area contributed by atoms with Crippen LogP contribution < -0.4 is 0 Å². The highest BCUT2D eigenvalue weighted by atomic mass is 16.5. The number of amides is 1. The van der Waals surface area contributed by atoms with E-state index in [1.54, 1.807) is 4.90 Å². The van der Waals surface area contributed by atoms with Crippen LogP contribution in [0.4, 0.5) is 0 Å². The third kappa shape index (κ3) is 3.48. The zero-order chi connectivity index (χ0) is 20.0. The van der Waals surface area contributed by atoms with Crippen LogP contribution in [0.2, 0.25) is 0 Å². The second-order valence-electron chi connectivity index (χ2n) is 10.1. The Balaban J connectivity index is 1.63. The first-order chi connectivity index (χ1) is 13.4. The van der Waals surface area contributed by atoms with Gasteiger partial charge in [-0.05, 0) is 56.3 Å². The SMILES string of the molecule is CC1=NC2C3OCCC4CCCC(C)C4CCC3C(C(=O)N(C)C)CC2N1C. The fraction of sp³-hybridized carbons (Fsp3) is 0.913. The van der Waals surface area contributed by atoms with E-state index in [-0.39, 0.29) is 24.0 Å². The van der Waals surface area contributed by atoms with Gasteiger partial charge in [-0.3, -0.25) is 9.79 Å². The molecule has 1 saturated heterocycles. The Morgan fingerprint density at radius 1 is 1.14 bits per heavy atom. The lowest BCUT2D eigenvalue weighted by molar-refractivity contribution is -0.143. The van der Waals surface area contributed by atoms with E-state index in [9.17, 15) is 4.79 Å². The van der Waals surface area contributed by atoms with E-state index in [1.165, 1.54) is 32.1 Å². The fourth-order valence-corrected chi connectivity index (χ4v) is 6.79. The predicted molar refractivity (Wildman–Crippen MR) is 112 cm³/mol. The van der Waals surface area contributed by atoms with Gasteiger partial charge in [0.2, 0.25) is 5.91 Å². The van der Waals surface area contributed by atoms with E-state index in [4.69, 9.17) is 9.73 Å². The molecule has 0 N–H and O–H groups in total. The molecule has 3 fully saturated rings. The lowest BCUT2D eigenvalue weighted by Crippen LogP contribution is -2.56. The summed E-state index contributed by atoms with van der Waals surface area (Å²) in [5.41, 5.74) is 0. The molecule has 8 atom stereocenters. The first kappa shape index (κ1) is 20.2. The lowest BCUT2D eigenvalue weighted by Gasteiger charge is -2.45. The molecule has 2 aliphatic heterocycles. The third-order valence-electron chi connectivity index (χ3n) is 8.47. The first-order valence-corrected chi connectivity index (χ1v) is 11.5. The highest BCUT2D eigenvalue weighted by molar-refractivity contribution is 5.83. The van der Waals surface area contributed by atoms with Gasteiger partial charge in [-0.1, -0.05) is 26.2 Å². The van der Waals surface area contributed by atoms with Crippen LogP contribution in [0.5, 0.6) is 0 Å². The molecule has 28 heavy (non-hydrogen) atoms. The van der Waals surface area contributed by atoms with Gasteiger partial charge >= 0.3 is 0 Å². The number of carbonyl (C=O) groups excluding carboxylic acids is 1. The summed E-state index contributed by atoms with van der Waals surface area (Å²) in [6.07, 6.45) is 8.65. The highest BCUT2D eigenvalue weighted by Crippen LogP contribution is 2.46. The van der Waals surface area contributed by atoms with Gasteiger partial charge in [0.1, 0.15) is 0 Å². The molecule has 158 valence electrons. The maximum Gasteiger partial charge on any atom is 0.225 e. The standard InChI is InChI=1S/C23H39N3O2/c1-14-7-6-8-16-11-12-28-22-18(10-9-17(14)16)19(23(27)25(3)4)13-20-21(22)24-15(2)26(20)5/h14,16-22H,6-13H2,1-5H3. The van der Waals surface area contributed by atoms with Crippen molar-refractivity contribution in [1.82, 2.24) is 9.80 Å². The van der Waals surface area contributed by atoms with Gasteiger partial charge in [0.05, 0.1) is 24.0 Å². The molecule has 5 nitrogen and oxygen atoms in total.